The van der Waals surface area contributed by atoms with Crippen molar-refractivity contribution in [2.24, 2.45) is 0 Å². The highest BCUT2D eigenvalue weighted by Crippen LogP contribution is 2.25. The van der Waals surface area contributed by atoms with Crippen molar-refractivity contribution in [1.82, 2.24) is 4.98 Å². The standard InChI is InChI=1S/C10H9NO3/c1-13-10-7(6-12)5-8(11-10)9-3-2-4-14-9/h2-6,11H,1H3. The van der Waals surface area contributed by atoms with E-state index in [-0.39, 0.29) is 0 Å². The number of aldehydes is 1. The molecular formula is C10H9NO3. The van der Waals surface area contributed by atoms with Gasteiger partial charge in [-0.25, -0.2) is 0 Å². The Morgan fingerprint density at radius 3 is 2.93 bits per heavy atom. The van der Waals surface area contributed by atoms with Crippen molar-refractivity contribution in [1.29, 1.82) is 0 Å². The molecule has 0 spiro atoms. The lowest BCUT2D eigenvalue weighted by Crippen LogP contribution is -1.86. The van der Waals surface area contributed by atoms with Gasteiger partial charge >= 0.3 is 0 Å². The van der Waals surface area contributed by atoms with Gasteiger partial charge in [-0.3, -0.25) is 4.79 Å². The highest BCUT2D eigenvalue weighted by molar-refractivity contribution is 5.81. The lowest BCUT2D eigenvalue weighted by Gasteiger charge is -1.94. The zero-order valence-corrected chi connectivity index (χ0v) is 7.61. The van der Waals surface area contributed by atoms with Gasteiger partial charge in [-0.15, -0.1) is 0 Å². The number of aromatic nitrogens is 1. The average Bonchev–Trinajstić information content (AvgIpc) is 2.85. The summed E-state index contributed by atoms with van der Waals surface area (Å²) in [5, 5.41) is 0. The molecule has 0 saturated heterocycles. The first-order valence-electron chi connectivity index (χ1n) is 4.11. The fraction of sp³-hybridized carbons (Fsp3) is 0.100. The predicted octanol–water partition coefficient (Wildman–Crippen LogP) is 2.10. The van der Waals surface area contributed by atoms with Gasteiger partial charge in [0.25, 0.3) is 0 Å². The summed E-state index contributed by atoms with van der Waals surface area (Å²) in [6.45, 7) is 0. The van der Waals surface area contributed by atoms with Crippen LogP contribution in [0.4, 0.5) is 0 Å². The van der Waals surface area contributed by atoms with Crippen molar-refractivity contribution in [3.8, 4) is 17.3 Å². The van der Waals surface area contributed by atoms with Gasteiger partial charge < -0.3 is 14.1 Å². The van der Waals surface area contributed by atoms with Crippen LogP contribution in [0.3, 0.4) is 0 Å². The molecule has 0 saturated carbocycles. The fourth-order valence-corrected chi connectivity index (χ4v) is 1.27. The highest BCUT2D eigenvalue weighted by Gasteiger charge is 2.10. The van der Waals surface area contributed by atoms with Gasteiger partial charge in [0.1, 0.15) is 5.76 Å². The van der Waals surface area contributed by atoms with E-state index >= 15 is 0 Å². The number of aromatic amines is 1. The van der Waals surface area contributed by atoms with Crippen molar-refractivity contribution in [3.05, 3.63) is 30.0 Å². The number of furan rings is 1. The van der Waals surface area contributed by atoms with E-state index in [4.69, 9.17) is 9.15 Å². The zero-order chi connectivity index (χ0) is 9.97. The molecule has 0 aliphatic carbocycles. The van der Waals surface area contributed by atoms with E-state index in [0.29, 0.717) is 17.2 Å². The number of carbonyl (C=O) groups is 1. The van der Waals surface area contributed by atoms with Gasteiger partial charge in [0.05, 0.1) is 24.6 Å². The Kier molecular flexibility index (Phi) is 2.10. The summed E-state index contributed by atoms with van der Waals surface area (Å²) in [5.41, 5.74) is 1.22. The maximum Gasteiger partial charge on any atom is 0.201 e. The zero-order valence-electron chi connectivity index (χ0n) is 7.61. The van der Waals surface area contributed by atoms with Crippen LogP contribution in [0.25, 0.3) is 11.5 Å². The number of nitrogens with one attached hydrogen (secondary N) is 1. The van der Waals surface area contributed by atoms with Crippen molar-refractivity contribution >= 4 is 6.29 Å². The molecule has 0 atom stereocenters. The molecule has 0 aliphatic rings. The Labute approximate surface area is 80.5 Å². The van der Waals surface area contributed by atoms with E-state index in [1.807, 2.05) is 0 Å². The molecule has 0 fully saturated rings. The molecule has 2 rings (SSSR count). The second kappa shape index (κ2) is 3.41. The Hall–Kier alpha value is -1.97. The minimum absolute atomic E-state index is 0.450. The predicted molar refractivity (Wildman–Crippen MR) is 50.4 cm³/mol. The molecule has 2 aromatic heterocycles. The third-order valence-electron chi connectivity index (χ3n) is 1.93. The maximum absolute atomic E-state index is 10.6. The number of methoxy groups -OCH3 is 1. The van der Waals surface area contributed by atoms with Crippen LogP contribution < -0.4 is 4.74 Å². The van der Waals surface area contributed by atoms with Crippen LogP contribution >= 0.6 is 0 Å². The van der Waals surface area contributed by atoms with Crippen LogP contribution in [0.15, 0.2) is 28.9 Å². The van der Waals surface area contributed by atoms with Gasteiger partial charge in [0.2, 0.25) is 5.88 Å². The normalized spacial score (nSPS) is 10.1. The Bertz CT molecular complexity index is 428. The summed E-state index contributed by atoms with van der Waals surface area (Å²) in [7, 11) is 1.50. The summed E-state index contributed by atoms with van der Waals surface area (Å²) in [5.74, 6) is 1.13. The smallest absolute Gasteiger partial charge is 0.201 e. The molecule has 72 valence electrons. The van der Waals surface area contributed by atoms with Crippen LogP contribution in [0.5, 0.6) is 5.88 Å². The number of H-pyrrole nitrogens is 1. The van der Waals surface area contributed by atoms with E-state index in [2.05, 4.69) is 4.98 Å². The molecule has 0 amide bonds. The number of rotatable bonds is 3. The first-order valence-corrected chi connectivity index (χ1v) is 4.11. The minimum atomic E-state index is 0.450. The summed E-state index contributed by atoms with van der Waals surface area (Å²) in [4.78, 5) is 13.6. The first-order chi connectivity index (χ1) is 6.85. The molecule has 14 heavy (non-hydrogen) atoms. The molecule has 0 bridgehead atoms. The third-order valence-corrected chi connectivity index (χ3v) is 1.93. The van der Waals surface area contributed by atoms with Crippen molar-refractivity contribution < 1.29 is 13.9 Å². The second-order valence-electron chi connectivity index (χ2n) is 2.77. The number of carbonyl (C=O) groups excluding carboxylic acids is 1. The van der Waals surface area contributed by atoms with E-state index in [0.717, 1.165) is 12.0 Å². The quantitative estimate of drug-likeness (QED) is 0.756. The van der Waals surface area contributed by atoms with Gasteiger partial charge in [0.15, 0.2) is 6.29 Å². The van der Waals surface area contributed by atoms with Crippen LogP contribution in [0.2, 0.25) is 0 Å². The molecule has 0 aromatic carbocycles. The van der Waals surface area contributed by atoms with Gasteiger partial charge in [-0.05, 0) is 18.2 Å². The molecule has 2 heterocycles. The number of hydrogen-bond donors (Lipinski definition) is 1. The molecule has 0 aliphatic heterocycles. The Balaban J connectivity index is 2.46. The molecule has 1 N–H and O–H groups in total. The minimum Gasteiger partial charge on any atom is -0.482 e. The van der Waals surface area contributed by atoms with E-state index in [1.165, 1.54) is 7.11 Å². The summed E-state index contributed by atoms with van der Waals surface area (Å²) in [6.07, 6.45) is 2.31. The lowest BCUT2D eigenvalue weighted by atomic mass is 10.3. The summed E-state index contributed by atoms with van der Waals surface area (Å²) in [6, 6.07) is 5.27. The second-order valence-corrected chi connectivity index (χ2v) is 2.77. The van der Waals surface area contributed by atoms with E-state index < -0.39 is 0 Å². The Morgan fingerprint density at radius 1 is 1.57 bits per heavy atom. The van der Waals surface area contributed by atoms with Crippen molar-refractivity contribution in [3.63, 3.8) is 0 Å². The monoisotopic (exact) mass is 191 g/mol. The molecule has 0 unspecified atom stereocenters. The van der Waals surface area contributed by atoms with Crippen molar-refractivity contribution in [2.75, 3.05) is 7.11 Å². The van der Waals surface area contributed by atoms with Crippen LogP contribution in [-0.2, 0) is 0 Å². The van der Waals surface area contributed by atoms with E-state index in [9.17, 15) is 4.79 Å². The van der Waals surface area contributed by atoms with Gasteiger partial charge in [-0.1, -0.05) is 0 Å². The summed E-state index contributed by atoms with van der Waals surface area (Å²) < 4.78 is 10.2. The number of ether oxygens (including phenoxy) is 1. The summed E-state index contributed by atoms with van der Waals surface area (Å²) >= 11 is 0. The largest absolute Gasteiger partial charge is 0.482 e. The molecular weight excluding hydrogens is 182 g/mol. The average molecular weight is 191 g/mol. The van der Waals surface area contributed by atoms with Crippen molar-refractivity contribution in [2.45, 2.75) is 0 Å². The highest BCUT2D eigenvalue weighted by atomic mass is 16.5. The maximum atomic E-state index is 10.6. The first kappa shape index (κ1) is 8.62. The molecule has 4 nitrogen and oxygen atoms in total. The van der Waals surface area contributed by atoms with Crippen LogP contribution in [0, 0.1) is 0 Å². The molecule has 4 heteroatoms. The molecule has 0 radical (unpaired) electrons. The van der Waals surface area contributed by atoms with Crippen LogP contribution in [-0.4, -0.2) is 18.4 Å². The fourth-order valence-electron chi connectivity index (χ4n) is 1.27. The Morgan fingerprint density at radius 2 is 2.43 bits per heavy atom. The SMILES string of the molecule is COc1[nH]c(-c2ccco2)cc1C=O. The lowest BCUT2D eigenvalue weighted by molar-refractivity contribution is 0.112. The van der Waals surface area contributed by atoms with E-state index in [1.54, 1.807) is 24.5 Å². The molecule has 2 aromatic rings. The van der Waals surface area contributed by atoms with Gasteiger partial charge in [-0.2, -0.15) is 0 Å². The third kappa shape index (κ3) is 1.31. The number of hydrogen-bond acceptors (Lipinski definition) is 3. The van der Waals surface area contributed by atoms with Gasteiger partial charge in [0, 0.05) is 0 Å². The van der Waals surface area contributed by atoms with Crippen LogP contribution in [0.1, 0.15) is 10.4 Å². The topological polar surface area (TPSA) is 55.2 Å².